The van der Waals surface area contributed by atoms with Crippen molar-refractivity contribution in [2.24, 2.45) is 0 Å². The van der Waals surface area contributed by atoms with Gasteiger partial charge in [0.05, 0.1) is 6.10 Å². The molecule has 2 aromatic rings. The molecule has 2 rings (SSSR count). The summed E-state index contributed by atoms with van der Waals surface area (Å²) in [5, 5.41) is 34.9. The van der Waals surface area contributed by atoms with E-state index in [-0.39, 0.29) is 12.0 Å². The van der Waals surface area contributed by atoms with Crippen LogP contribution in [0.3, 0.4) is 0 Å². The first-order chi connectivity index (χ1) is 17.0. The van der Waals surface area contributed by atoms with Crippen molar-refractivity contribution in [2.45, 2.75) is 50.9 Å². The Bertz CT molecular complexity index is 1090. The van der Waals surface area contributed by atoms with E-state index in [9.17, 15) is 34.2 Å². The summed E-state index contributed by atoms with van der Waals surface area (Å²) < 4.78 is 0. The molecule has 0 aliphatic rings. The summed E-state index contributed by atoms with van der Waals surface area (Å²) in [5.41, 5.74) is 2.10. The van der Waals surface area contributed by atoms with E-state index < -0.39 is 60.3 Å². The first-order valence-electron chi connectivity index (χ1n) is 11.2. The van der Waals surface area contributed by atoms with Crippen molar-refractivity contribution >= 4 is 29.7 Å². The number of rotatable bonds is 12. The van der Waals surface area contributed by atoms with Crippen molar-refractivity contribution < 1.29 is 39.3 Å². The molecule has 0 aliphatic carbocycles. The van der Waals surface area contributed by atoms with Crippen molar-refractivity contribution in [1.29, 1.82) is 0 Å². The number of amides is 3. The van der Waals surface area contributed by atoms with Crippen molar-refractivity contribution in [3.63, 3.8) is 0 Å². The fraction of sp³-hybridized carbons (Fsp3) is 0.320. The van der Waals surface area contributed by atoms with Gasteiger partial charge < -0.3 is 31.3 Å². The zero-order valence-corrected chi connectivity index (χ0v) is 19.8. The lowest BCUT2D eigenvalue weighted by atomic mass is 10.0. The minimum Gasteiger partial charge on any atom is -0.481 e. The number of carboxylic acids is 2. The molecular weight excluding hydrogens is 470 g/mol. The highest BCUT2D eigenvalue weighted by Crippen LogP contribution is 2.19. The van der Waals surface area contributed by atoms with Crippen LogP contribution in [0.2, 0.25) is 0 Å². The fourth-order valence-electron chi connectivity index (χ4n) is 3.27. The number of aliphatic hydroxyl groups excluding tert-OH is 1. The summed E-state index contributed by atoms with van der Waals surface area (Å²) in [6, 6.07) is 12.1. The second kappa shape index (κ2) is 13.0. The fourth-order valence-corrected chi connectivity index (χ4v) is 3.27. The van der Waals surface area contributed by atoms with Gasteiger partial charge in [-0.05, 0) is 43.5 Å². The third-order valence-corrected chi connectivity index (χ3v) is 5.32. The van der Waals surface area contributed by atoms with E-state index in [0.717, 1.165) is 11.1 Å². The van der Waals surface area contributed by atoms with Crippen LogP contribution >= 0.6 is 0 Å². The van der Waals surface area contributed by atoms with E-state index in [1.165, 1.54) is 13.8 Å². The molecule has 0 fully saturated rings. The van der Waals surface area contributed by atoms with Crippen LogP contribution in [-0.2, 0) is 19.2 Å². The predicted octanol–water partition coefficient (Wildman–Crippen LogP) is 0.772. The van der Waals surface area contributed by atoms with Crippen LogP contribution in [0.4, 0.5) is 0 Å². The maximum Gasteiger partial charge on any atom is 0.326 e. The highest BCUT2D eigenvalue weighted by Gasteiger charge is 2.30. The van der Waals surface area contributed by atoms with Gasteiger partial charge in [-0.2, -0.15) is 0 Å². The molecule has 0 saturated carbocycles. The third-order valence-electron chi connectivity index (χ3n) is 5.32. The Morgan fingerprint density at radius 1 is 0.778 bits per heavy atom. The molecule has 0 aliphatic heterocycles. The van der Waals surface area contributed by atoms with E-state index in [1.54, 1.807) is 24.3 Å². The van der Waals surface area contributed by atoms with Gasteiger partial charge in [0.15, 0.2) is 0 Å². The monoisotopic (exact) mass is 499 g/mol. The number of nitrogens with one attached hydrogen (secondary N) is 3. The minimum atomic E-state index is -1.46. The van der Waals surface area contributed by atoms with Gasteiger partial charge in [0.25, 0.3) is 5.91 Å². The average Bonchev–Trinajstić information content (AvgIpc) is 2.84. The second-order valence-electron chi connectivity index (χ2n) is 8.20. The summed E-state index contributed by atoms with van der Waals surface area (Å²) in [6.45, 7) is 2.58. The normalized spacial score (nSPS) is 14.0. The van der Waals surface area contributed by atoms with Crippen molar-refractivity contribution in [2.75, 3.05) is 0 Å². The van der Waals surface area contributed by atoms with Gasteiger partial charge in [-0.25, -0.2) is 4.79 Å². The number of hydrogen-bond donors (Lipinski definition) is 6. The molecule has 0 heterocycles. The largest absolute Gasteiger partial charge is 0.481 e. The number of benzene rings is 2. The van der Waals surface area contributed by atoms with E-state index in [0.29, 0.717) is 0 Å². The Morgan fingerprint density at radius 3 is 1.89 bits per heavy atom. The highest BCUT2D eigenvalue weighted by molar-refractivity contribution is 5.99. The smallest absolute Gasteiger partial charge is 0.326 e. The zero-order chi connectivity index (χ0) is 26.8. The maximum atomic E-state index is 12.7. The van der Waals surface area contributed by atoms with Crippen molar-refractivity contribution in [3.8, 4) is 11.1 Å². The molecule has 11 heteroatoms. The molecule has 2 aromatic carbocycles. The van der Waals surface area contributed by atoms with E-state index in [1.807, 2.05) is 30.3 Å². The molecule has 36 heavy (non-hydrogen) atoms. The highest BCUT2D eigenvalue weighted by atomic mass is 16.4. The molecule has 192 valence electrons. The average molecular weight is 500 g/mol. The van der Waals surface area contributed by atoms with Crippen LogP contribution in [0, 0.1) is 0 Å². The summed E-state index contributed by atoms with van der Waals surface area (Å²) in [5.74, 6) is -4.99. The quantitative estimate of drug-likeness (QED) is 0.247. The van der Waals surface area contributed by atoms with Gasteiger partial charge in [0, 0.05) is 12.0 Å². The zero-order valence-electron chi connectivity index (χ0n) is 19.8. The number of carbonyl (C=O) groups is 5. The molecule has 0 radical (unpaired) electrons. The van der Waals surface area contributed by atoms with Crippen LogP contribution in [-0.4, -0.2) is 69.2 Å². The SMILES string of the molecule is C[C@H](NC(=O)[C@@H](NC(=O)c1ccc(-c2ccccc2)cc1)[C@@H](C)O)C(=O)N[C@@H](CCC(=O)O)C(=O)O. The molecule has 0 spiro atoms. The number of aliphatic carboxylic acids is 2. The van der Waals surface area contributed by atoms with Crippen LogP contribution in [0.15, 0.2) is 54.6 Å². The standard InChI is InChI=1S/C25H29N3O8/c1-14(22(32)27-19(25(35)36)12-13-20(30)31)26-24(34)21(15(2)29)28-23(33)18-10-8-17(9-11-18)16-6-4-3-5-7-16/h3-11,14-15,19,21,29H,12-13H2,1-2H3,(H,26,34)(H,27,32)(H,28,33)(H,30,31)(H,35,36)/t14-,15+,19-,21-/m0/s1. The van der Waals surface area contributed by atoms with Crippen molar-refractivity contribution in [1.82, 2.24) is 16.0 Å². The molecule has 6 N–H and O–H groups in total. The van der Waals surface area contributed by atoms with Crippen LogP contribution in [0.5, 0.6) is 0 Å². The predicted molar refractivity (Wildman–Crippen MR) is 129 cm³/mol. The van der Waals surface area contributed by atoms with Crippen molar-refractivity contribution in [3.05, 3.63) is 60.2 Å². The van der Waals surface area contributed by atoms with E-state index in [2.05, 4.69) is 16.0 Å². The maximum absolute atomic E-state index is 12.7. The summed E-state index contributed by atoms with van der Waals surface area (Å²) in [4.78, 5) is 59.7. The lowest BCUT2D eigenvalue weighted by Gasteiger charge is -2.24. The molecule has 3 amide bonds. The van der Waals surface area contributed by atoms with E-state index in [4.69, 9.17) is 5.11 Å². The first kappa shape index (κ1) is 28.0. The van der Waals surface area contributed by atoms with Gasteiger partial charge in [0.2, 0.25) is 11.8 Å². The molecule has 4 atom stereocenters. The Balaban J connectivity index is 2.01. The molecular formula is C25H29N3O8. The van der Waals surface area contributed by atoms with E-state index >= 15 is 0 Å². The first-order valence-corrected chi connectivity index (χ1v) is 11.2. The minimum absolute atomic E-state index is 0.252. The van der Waals surface area contributed by atoms with Crippen LogP contribution in [0.25, 0.3) is 11.1 Å². The Labute approximate surface area is 207 Å². The molecule has 11 nitrogen and oxygen atoms in total. The van der Waals surface area contributed by atoms with Gasteiger partial charge in [-0.1, -0.05) is 42.5 Å². The van der Waals surface area contributed by atoms with Gasteiger partial charge in [-0.15, -0.1) is 0 Å². The van der Waals surface area contributed by atoms with Crippen LogP contribution in [0.1, 0.15) is 37.0 Å². The third kappa shape index (κ3) is 8.20. The topological polar surface area (TPSA) is 182 Å². The van der Waals surface area contributed by atoms with Gasteiger partial charge in [0.1, 0.15) is 18.1 Å². The summed E-state index contributed by atoms with van der Waals surface area (Å²) >= 11 is 0. The number of carboxylic acid groups (broad SMARTS) is 2. The lowest BCUT2D eigenvalue weighted by molar-refractivity contribution is -0.143. The molecule has 0 unspecified atom stereocenters. The lowest BCUT2D eigenvalue weighted by Crippen LogP contribution is -2.57. The molecule has 0 aromatic heterocycles. The summed E-state index contributed by atoms with van der Waals surface area (Å²) in [6.07, 6.45) is -2.12. The molecule has 0 saturated heterocycles. The summed E-state index contributed by atoms with van der Waals surface area (Å²) in [7, 11) is 0. The Kier molecular flexibility index (Phi) is 10.1. The number of carbonyl (C=O) groups excluding carboxylic acids is 3. The van der Waals surface area contributed by atoms with Crippen LogP contribution < -0.4 is 16.0 Å². The number of aliphatic hydroxyl groups is 1. The van der Waals surface area contributed by atoms with Gasteiger partial charge >= 0.3 is 11.9 Å². The molecule has 0 bridgehead atoms. The number of hydrogen-bond acceptors (Lipinski definition) is 6. The Morgan fingerprint density at radius 2 is 1.36 bits per heavy atom. The second-order valence-corrected chi connectivity index (χ2v) is 8.20. The van der Waals surface area contributed by atoms with Gasteiger partial charge in [-0.3, -0.25) is 19.2 Å². The Hall–Kier alpha value is -4.25.